The Bertz CT molecular complexity index is 538. The molecule has 5 nitrogen and oxygen atoms in total. The molecule has 108 valence electrons. The molecule has 20 heavy (non-hydrogen) atoms. The summed E-state index contributed by atoms with van der Waals surface area (Å²) < 4.78 is 4.64. The third-order valence-corrected chi connectivity index (χ3v) is 4.91. The average molecular weight is 295 g/mol. The van der Waals surface area contributed by atoms with Crippen molar-refractivity contribution < 1.29 is 19.4 Å². The van der Waals surface area contributed by atoms with E-state index in [-0.39, 0.29) is 17.2 Å². The highest BCUT2D eigenvalue weighted by atomic mass is 32.2. The number of nitrogens with one attached hydrogen (secondary N) is 1. The molecule has 1 saturated heterocycles. The van der Waals surface area contributed by atoms with Gasteiger partial charge in [-0.3, -0.25) is 4.79 Å². The highest BCUT2D eigenvalue weighted by molar-refractivity contribution is 8.01. The van der Waals surface area contributed by atoms with Gasteiger partial charge in [0.2, 0.25) is 5.91 Å². The molecule has 0 aromatic heterocycles. The molecular weight excluding hydrogens is 278 g/mol. The molecule has 1 aromatic rings. The van der Waals surface area contributed by atoms with E-state index in [2.05, 4.69) is 5.32 Å². The SMILES string of the molecule is COc1cc(NC(=O)C2(C)CCCS2)ccc1C(=O)O. The normalized spacial score (nSPS) is 21.5. The fourth-order valence-corrected chi connectivity index (χ4v) is 3.38. The van der Waals surface area contributed by atoms with Crippen molar-refractivity contribution in [3.8, 4) is 5.75 Å². The number of hydrogen-bond acceptors (Lipinski definition) is 4. The maximum atomic E-state index is 12.3. The molecule has 0 spiro atoms. The number of thioether (sulfide) groups is 1. The van der Waals surface area contributed by atoms with Crippen LogP contribution < -0.4 is 10.1 Å². The highest BCUT2D eigenvalue weighted by Gasteiger charge is 2.37. The number of anilines is 1. The lowest BCUT2D eigenvalue weighted by molar-refractivity contribution is -0.118. The van der Waals surface area contributed by atoms with Gasteiger partial charge in [0.25, 0.3) is 0 Å². The van der Waals surface area contributed by atoms with Crippen molar-refractivity contribution in [3.05, 3.63) is 23.8 Å². The number of rotatable bonds is 4. The second kappa shape index (κ2) is 5.75. The van der Waals surface area contributed by atoms with E-state index in [1.54, 1.807) is 17.8 Å². The first-order valence-corrected chi connectivity index (χ1v) is 7.31. The minimum absolute atomic E-state index is 0.0508. The number of carboxylic acids is 1. The summed E-state index contributed by atoms with van der Waals surface area (Å²) in [5.74, 6) is 0.119. The van der Waals surface area contributed by atoms with Crippen LogP contribution in [0.1, 0.15) is 30.1 Å². The molecule has 0 aliphatic carbocycles. The van der Waals surface area contributed by atoms with Crippen molar-refractivity contribution in [1.82, 2.24) is 0 Å². The van der Waals surface area contributed by atoms with Gasteiger partial charge in [-0.2, -0.15) is 0 Å². The van der Waals surface area contributed by atoms with Crippen LogP contribution in [0.25, 0.3) is 0 Å². The summed E-state index contributed by atoms with van der Waals surface area (Å²) in [6.45, 7) is 1.93. The second-order valence-electron chi connectivity index (χ2n) is 4.86. The maximum Gasteiger partial charge on any atom is 0.339 e. The number of methoxy groups -OCH3 is 1. The van der Waals surface area contributed by atoms with E-state index in [4.69, 9.17) is 9.84 Å². The van der Waals surface area contributed by atoms with Crippen molar-refractivity contribution in [2.24, 2.45) is 0 Å². The summed E-state index contributed by atoms with van der Waals surface area (Å²) in [6.07, 6.45) is 1.89. The fraction of sp³-hybridized carbons (Fsp3) is 0.429. The molecule has 1 aliphatic rings. The van der Waals surface area contributed by atoms with Gasteiger partial charge in [-0.25, -0.2) is 4.79 Å². The quantitative estimate of drug-likeness (QED) is 0.893. The van der Waals surface area contributed by atoms with E-state index in [1.807, 2.05) is 6.92 Å². The topological polar surface area (TPSA) is 75.6 Å². The maximum absolute atomic E-state index is 12.3. The first kappa shape index (κ1) is 14.7. The van der Waals surface area contributed by atoms with E-state index in [1.165, 1.54) is 19.2 Å². The molecule has 0 saturated carbocycles. The zero-order chi connectivity index (χ0) is 14.8. The van der Waals surface area contributed by atoms with Gasteiger partial charge >= 0.3 is 5.97 Å². The van der Waals surface area contributed by atoms with E-state index in [0.717, 1.165) is 18.6 Å². The van der Waals surface area contributed by atoms with Gasteiger partial charge < -0.3 is 15.2 Å². The van der Waals surface area contributed by atoms with Crippen LogP contribution in [-0.4, -0.2) is 34.6 Å². The van der Waals surface area contributed by atoms with E-state index in [9.17, 15) is 9.59 Å². The number of amides is 1. The van der Waals surface area contributed by atoms with Gasteiger partial charge in [0.15, 0.2) is 0 Å². The second-order valence-corrected chi connectivity index (χ2v) is 6.46. The zero-order valence-electron chi connectivity index (χ0n) is 11.4. The third-order valence-electron chi connectivity index (χ3n) is 3.39. The van der Waals surface area contributed by atoms with Crippen LogP contribution >= 0.6 is 11.8 Å². The minimum Gasteiger partial charge on any atom is -0.496 e. The number of aromatic carboxylic acids is 1. The minimum atomic E-state index is -1.06. The molecule has 0 radical (unpaired) electrons. The first-order valence-electron chi connectivity index (χ1n) is 6.33. The van der Waals surface area contributed by atoms with Crippen molar-refractivity contribution >= 4 is 29.3 Å². The predicted molar refractivity (Wildman–Crippen MR) is 78.7 cm³/mol. The van der Waals surface area contributed by atoms with E-state index < -0.39 is 10.7 Å². The third kappa shape index (κ3) is 2.90. The van der Waals surface area contributed by atoms with Gasteiger partial charge in [0, 0.05) is 11.8 Å². The Morgan fingerprint density at radius 3 is 2.75 bits per heavy atom. The largest absolute Gasteiger partial charge is 0.496 e. The zero-order valence-corrected chi connectivity index (χ0v) is 12.3. The van der Waals surface area contributed by atoms with Crippen molar-refractivity contribution in [1.29, 1.82) is 0 Å². The standard InChI is InChI=1S/C14H17NO4S/c1-14(6-3-7-20-14)13(18)15-9-4-5-10(12(16)17)11(8-9)19-2/h4-5,8H,3,6-7H2,1-2H3,(H,15,18)(H,16,17). The van der Waals surface area contributed by atoms with Crippen molar-refractivity contribution in [3.63, 3.8) is 0 Å². The number of hydrogen-bond donors (Lipinski definition) is 2. The van der Waals surface area contributed by atoms with Gasteiger partial charge in [0.1, 0.15) is 11.3 Å². The van der Waals surface area contributed by atoms with E-state index >= 15 is 0 Å². The molecule has 1 heterocycles. The number of carboxylic acid groups (broad SMARTS) is 1. The van der Waals surface area contributed by atoms with Crippen LogP contribution in [-0.2, 0) is 4.79 Å². The number of carbonyl (C=O) groups excluding carboxylic acids is 1. The molecule has 1 aliphatic heterocycles. The predicted octanol–water partition coefficient (Wildman–Crippen LogP) is 2.62. The number of carbonyl (C=O) groups is 2. The van der Waals surface area contributed by atoms with Crippen molar-refractivity contribution in [2.75, 3.05) is 18.2 Å². The molecule has 2 N–H and O–H groups in total. The molecule has 1 atom stereocenters. The Morgan fingerprint density at radius 2 is 2.20 bits per heavy atom. The van der Waals surface area contributed by atoms with Gasteiger partial charge in [-0.05, 0) is 37.7 Å². The Kier molecular flexibility index (Phi) is 4.23. The summed E-state index contributed by atoms with van der Waals surface area (Å²) in [7, 11) is 1.40. The smallest absolute Gasteiger partial charge is 0.339 e. The molecule has 2 rings (SSSR count). The van der Waals surface area contributed by atoms with Gasteiger partial charge in [-0.15, -0.1) is 11.8 Å². The molecule has 1 unspecified atom stereocenters. The van der Waals surface area contributed by atoms with Crippen LogP contribution in [0, 0.1) is 0 Å². The van der Waals surface area contributed by atoms with Gasteiger partial charge in [0.05, 0.1) is 11.9 Å². The Balaban J connectivity index is 2.18. The summed E-state index contributed by atoms with van der Waals surface area (Å²) in [5.41, 5.74) is 0.623. The summed E-state index contributed by atoms with van der Waals surface area (Å²) in [6, 6.07) is 4.54. The van der Waals surface area contributed by atoms with Crippen LogP contribution in [0.3, 0.4) is 0 Å². The fourth-order valence-electron chi connectivity index (χ4n) is 2.17. The van der Waals surface area contributed by atoms with Crippen LogP contribution in [0.4, 0.5) is 5.69 Å². The van der Waals surface area contributed by atoms with Crippen LogP contribution in [0.15, 0.2) is 18.2 Å². The molecule has 1 aromatic carbocycles. The molecule has 1 fully saturated rings. The Hall–Kier alpha value is -1.69. The first-order chi connectivity index (χ1) is 9.46. The van der Waals surface area contributed by atoms with Gasteiger partial charge in [-0.1, -0.05) is 0 Å². The lowest BCUT2D eigenvalue weighted by atomic mass is 10.0. The Labute approximate surface area is 121 Å². The van der Waals surface area contributed by atoms with E-state index in [0.29, 0.717) is 5.69 Å². The molecule has 0 bridgehead atoms. The number of benzene rings is 1. The van der Waals surface area contributed by atoms with Crippen LogP contribution in [0.5, 0.6) is 5.75 Å². The lowest BCUT2D eigenvalue weighted by Crippen LogP contribution is -2.34. The monoisotopic (exact) mass is 295 g/mol. The molecular formula is C14H17NO4S. The van der Waals surface area contributed by atoms with Crippen LogP contribution in [0.2, 0.25) is 0 Å². The summed E-state index contributed by atoms with van der Waals surface area (Å²) in [4.78, 5) is 23.3. The highest BCUT2D eigenvalue weighted by Crippen LogP contribution is 2.38. The molecule has 1 amide bonds. The average Bonchev–Trinajstić information content (AvgIpc) is 2.86. The Morgan fingerprint density at radius 1 is 1.45 bits per heavy atom. The molecule has 6 heteroatoms. The lowest BCUT2D eigenvalue weighted by Gasteiger charge is -2.21. The summed E-state index contributed by atoms with van der Waals surface area (Å²) in [5, 5.41) is 11.8. The van der Waals surface area contributed by atoms with Crippen molar-refractivity contribution in [2.45, 2.75) is 24.5 Å². The number of ether oxygens (including phenoxy) is 1. The summed E-state index contributed by atoms with van der Waals surface area (Å²) >= 11 is 1.65.